The van der Waals surface area contributed by atoms with Gasteiger partial charge in [-0.1, -0.05) is 114 Å². The Labute approximate surface area is 239 Å². The van der Waals surface area contributed by atoms with Crippen LogP contribution in [0, 0.1) is 6.92 Å². The normalized spacial score (nSPS) is 14.1. The lowest BCUT2D eigenvalue weighted by atomic mass is 9.71. The van der Waals surface area contributed by atoms with Crippen LogP contribution in [0.25, 0.3) is 22.4 Å². The van der Waals surface area contributed by atoms with Crippen molar-refractivity contribution in [1.82, 2.24) is 9.97 Å². The summed E-state index contributed by atoms with van der Waals surface area (Å²) < 4.78 is 0. The minimum Gasteiger partial charge on any atom is -0.260 e. The predicted molar refractivity (Wildman–Crippen MR) is 167 cm³/mol. The molecule has 2 nitrogen and oxygen atoms in total. The quantitative estimate of drug-likeness (QED) is 0.231. The Morgan fingerprint density at radius 3 is 1.80 bits per heavy atom. The molecule has 0 bridgehead atoms. The van der Waals surface area contributed by atoms with Crippen molar-refractivity contribution < 1.29 is 0 Å². The van der Waals surface area contributed by atoms with E-state index in [1.54, 1.807) is 0 Å². The van der Waals surface area contributed by atoms with Crippen LogP contribution in [0.2, 0.25) is 0 Å². The number of nitrogens with zero attached hydrogens (tertiary/aromatic N) is 2. The summed E-state index contributed by atoms with van der Waals surface area (Å²) >= 11 is 0. The molecule has 0 saturated heterocycles. The maximum atomic E-state index is 5.51. The van der Waals surface area contributed by atoms with E-state index < -0.39 is 5.41 Å². The summed E-state index contributed by atoms with van der Waals surface area (Å²) in [7, 11) is 0. The zero-order valence-electron chi connectivity index (χ0n) is 24.7. The molecule has 40 heavy (non-hydrogen) atoms. The average Bonchev–Trinajstić information content (AvgIpc) is 3.24. The van der Waals surface area contributed by atoms with E-state index in [0.717, 1.165) is 17.1 Å². The Morgan fingerprint density at radius 2 is 1.18 bits per heavy atom. The van der Waals surface area contributed by atoms with Gasteiger partial charge in [0.2, 0.25) is 0 Å². The summed E-state index contributed by atoms with van der Waals surface area (Å²) in [6.45, 7) is 15.8. The minimum atomic E-state index is -0.625. The lowest BCUT2D eigenvalue weighted by Crippen LogP contribution is -2.31. The largest absolute Gasteiger partial charge is 0.260 e. The highest BCUT2D eigenvalue weighted by molar-refractivity contribution is 5.85. The van der Waals surface area contributed by atoms with Gasteiger partial charge in [0.1, 0.15) is 5.41 Å². The topological polar surface area (TPSA) is 25.8 Å². The van der Waals surface area contributed by atoms with Crippen molar-refractivity contribution in [3.63, 3.8) is 0 Å². The molecule has 0 aliphatic heterocycles. The molecule has 0 spiro atoms. The zero-order valence-corrected chi connectivity index (χ0v) is 24.7. The van der Waals surface area contributed by atoms with Gasteiger partial charge >= 0.3 is 0 Å². The zero-order chi connectivity index (χ0) is 28.3. The summed E-state index contributed by atoms with van der Waals surface area (Å²) in [5.41, 5.74) is 12.5. The van der Waals surface area contributed by atoms with E-state index in [-0.39, 0.29) is 10.8 Å². The summed E-state index contributed by atoms with van der Waals surface area (Å²) in [6, 6.07) is 35.2. The molecular formula is C38H38N2. The van der Waals surface area contributed by atoms with E-state index in [0.29, 0.717) is 0 Å². The number of rotatable bonds is 3. The molecule has 3 aromatic carbocycles. The Kier molecular flexibility index (Phi) is 6.07. The van der Waals surface area contributed by atoms with Crippen LogP contribution in [0.1, 0.15) is 80.7 Å². The van der Waals surface area contributed by atoms with Crippen LogP contribution in [0.4, 0.5) is 0 Å². The third-order valence-electron chi connectivity index (χ3n) is 8.51. The van der Waals surface area contributed by atoms with Gasteiger partial charge < -0.3 is 0 Å². The first-order valence-electron chi connectivity index (χ1n) is 14.3. The summed E-state index contributed by atoms with van der Waals surface area (Å²) in [5.74, 6) is 0. The molecule has 0 radical (unpaired) electrons. The first kappa shape index (κ1) is 26.2. The van der Waals surface area contributed by atoms with E-state index in [2.05, 4.69) is 146 Å². The first-order valence-corrected chi connectivity index (χ1v) is 14.3. The van der Waals surface area contributed by atoms with Gasteiger partial charge in [-0.2, -0.15) is 0 Å². The molecule has 2 heterocycles. The third-order valence-corrected chi connectivity index (χ3v) is 8.51. The van der Waals surface area contributed by atoms with E-state index in [4.69, 9.17) is 9.97 Å². The van der Waals surface area contributed by atoms with Gasteiger partial charge in [0.15, 0.2) is 0 Å². The number of pyridine rings is 2. The standard InChI is InChI=1S/C38H38N2/c1-25-27(16-12-19-30(25)37(5,6)7)33-20-13-21-34(40-33)38(35-24-26(22-23-39-35)36(2,3)4)31-17-10-8-14-28(31)29-15-9-11-18-32(29)38/h8-24H,1-7H3. The lowest BCUT2D eigenvalue weighted by Gasteiger charge is -2.33. The average molecular weight is 523 g/mol. The summed E-state index contributed by atoms with van der Waals surface area (Å²) in [5, 5.41) is 0. The van der Waals surface area contributed by atoms with Crippen molar-refractivity contribution in [2.45, 2.75) is 64.7 Å². The van der Waals surface area contributed by atoms with Crippen LogP contribution in [0.15, 0.2) is 103 Å². The third kappa shape index (κ3) is 4.01. The van der Waals surface area contributed by atoms with Gasteiger partial charge in [-0.3, -0.25) is 9.97 Å². The van der Waals surface area contributed by atoms with Crippen LogP contribution in [-0.2, 0) is 16.2 Å². The van der Waals surface area contributed by atoms with Crippen molar-refractivity contribution in [3.05, 3.63) is 142 Å². The second kappa shape index (κ2) is 9.27. The molecule has 200 valence electrons. The number of hydrogen-bond donors (Lipinski definition) is 0. The number of aromatic nitrogens is 2. The molecule has 6 rings (SSSR count). The molecule has 5 aromatic rings. The minimum absolute atomic E-state index is 0.00367. The van der Waals surface area contributed by atoms with Crippen LogP contribution >= 0.6 is 0 Å². The lowest BCUT2D eigenvalue weighted by molar-refractivity contribution is 0.584. The highest BCUT2D eigenvalue weighted by Crippen LogP contribution is 2.55. The van der Waals surface area contributed by atoms with Crippen molar-refractivity contribution in [2.75, 3.05) is 0 Å². The maximum Gasteiger partial charge on any atom is 0.106 e. The summed E-state index contributed by atoms with van der Waals surface area (Å²) in [6.07, 6.45) is 1.97. The smallest absolute Gasteiger partial charge is 0.106 e. The second-order valence-corrected chi connectivity index (χ2v) is 13.2. The molecule has 0 N–H and O–H groups in total. The molecule has 2 heteroatoms. The van der Waals surface area contributed by atoms with Gasteiger partial charge in [0, 0.05) is 11.8 Å². The number of fused-ring (bicyclic) bond motifs is 3. The number of hydrogen-bond acceptors (Lipinski definition) is 2. The van der Waals surface area contributed by atoms with Crippen LogP contribution in [0.5, 0.6) is 0 Å². The molecule has 0 amide bonds. The molecule has 1 aliphatic carbocycles. The highest BCUT2D eigenvalue weighted by atomic mass is 14.8. The van der Waals surface area contributed by atoms with Crippen LogP contribution in [0.3, 0.4) is 0 Å². The summed E-state index contributed by atoms with van der Waals surface area (Å²) in [4.78, 5) is 10.6. The van der Waals surface area contributed by atoms with Gasteiger partial charge in [0.05, 0.1) is 17.1 Å². The fraction of sp³-hybridized carbons (Fsp3) is 0.263. The van der Waals surface area contributed by atoms with Crippen LogP contribution < -0.4 is 0 Å². The van der Waals surface area contributed by atoms with E-state index in [1.165, 1.54) is 44.5 Å². The molecule has 0 saturated carbocycles. The van der Waals surface area contributed by atoms with Crippen molar-refractivity contribution in [2.24, 2.45) is 0 Å². The Morgan fingerprint density at radius 1 is 0.575 bits per heavy atom. The highest BCUT2D eigenvalue weighted by Gasteiger charge is 2.48. The molecule has 2 aromatic heterocycles. The fourth-order valence-corrected chi connectivity index (χ4v) is 6.54. The monoisotopic (exact) mass is 522 g/mol. The fourth-order valence-electron chi connectivity index (χ4n) is 6.54. The maximum absolute atomic E-state index is 5.51. The molecule has 0 atom stereocenters. The molecule has 0 unspecified atom stereocenters. The SMILES string of the molecule is Cc1c(-c2cccc(C3(c4cc(C(C)(C)C)ccn4)c4ccccc4-c4ccccc43)n2)cccc1C(C)(C)C. The van der Waals surface area contributed by atoms with Crippen molar-refractivity contribution in [1.29, 1.82) is 0 Å². The van der Waals surface area contributed by atoms with Gasteiger partial charge in [-0.15, -0.1) is 0 Å². The van der Waals surface area contributed by atoms with E-state index in [1.807, 2.05) is 6.20 Å². The van der Waals surface area contributed by atoms with Gasteiger partial charge in [-0.25, -0.2) is 0 Å². The van der Waals surface area contributed by atoms with Crippen molar-refractivity contribution >= 4 is 0 Å². The Hall–Kier alpha value is -4.04. The van der Waals surface area contributed by atoms with E-state index >= 15 is 0 Å². The van der Waals surface area contributed by atoms with Crippen LogP contribution in [-0.4, -0.2) is 9.97 Å². The molecular weight excluding hydrogens is 484 g/mol. The Bertz CT molecular complexity index is 1680. The van der Waals surface area contributed by atoms with Gasteiger partial charge in [0.25, 0.3) is 0 Å². The van der Waals surface area contributed by atoms with Crippen molar-refractivity contribution in [3.8, 4) is 22.4 Å². The first-order chi connectivity index (χ1) is 19.0. The Balaban J connectivity index is 1.68. The second-order valence-electron chi connectivity index (χ2n) is 13.2. The van der Waals surface area contributed by atoms with Gasteiger partial charge in [-0.05, 0) is 81.0 Å². The van der Waals surface area contributed by atoms with E-state index in [9.17, 15) is 0 Å². The predicted octanol–water partition coefficient (Wildman–Crippen LogP) is 9.41. The molecule has 0 fully saturated rings. The molecule has 1 aliphatic rings. The number of benzene rings is 3.